The highest BCUT2D eigenvalue weighted by molar-refractivity contribution is 5.91. The van der Waals surface area contributed by atoms with E-state index in [0.717, 1.165) is 17.9 Å². The Labute approximate surface area is 253 Å². The summed E-state index contributed by atoms with van der Waals surface area (Å²) in [5.74, 6) is 1.13. The van der Waals surface area contributed by atoms with E-state index < -0.39 is 18.2 Å². The Morgan fingerprint density at radius 2 is 2.02 bits per heavy atom. The molecule has 7 rings (SSSR count). The topological polar surface area (TPSA) is 150 Å². The molecule has 5 fully saturated rings. The molecule has 2 aromatic carbocycles. The van der Waals surface area contributed by atoms with Crippen molar-refractivity contribution < 1.29 is 34.4 Å². The third-order valence-electron chi connectivity index (χ3n) is 10.9. The fourth-order valence-corrected chi connectivity index (χ4v) is 8.38. The number of fused-ring (bicyclic) bond motifs is 2. The number of anilines is 1. The van der Waals surface area contributed by atoms with E-state index in [4.69, 9.17) is 20.0 Å². The molecule has 0 spiro atoms. The van der Waals surface area contributed by atoms with Crippen molar-refractivity contribution in [2.24, 2.45) is 29.1 Å². The second-order valence-corrected chi connectivity index (χ2v) is 13.6. The summed E-state index contributed by atoms with van der Waals surface area (Å²) in [5.41, 5.74) is 9.01. The fraction of sp³-hybridized carbons (Fsp3) is 0.606. The van der Waals surface area contributed by atoms with E-state index in [1.807, 2.05) is 23.3 Å². The maximum Gasteiger partial charge on any atom is 0.335 e. The molecule has 2 aliphatic heterocycles. The summed E-state index contributed by atoms with van der Waals surface area (Å²) in [6.45, 7) is 8.95. The number of carbonyl (C=O) groups is 1. The van der Waals surface area contributed by atoms with Crippen LogP contribution in [0.2, 0.25) is 0 Å². The van der Waals surface area contributed by atoms with Crippen LogP contribution in [0, 0.1) is 29.1 Å². The number of carboxylic acids is 1. The molecule has 2 unspecified atom stereocenters. The Bertz CT molecular complexity index is 1370. The number of epoxide rings is 1. The predicted molar refractivity (Wildman–Crippen MR) is 161 cm³/mol. The first-order chi connectivity index (χ1) is 20.4. The number of nitrogens with two attached hydrogens (primary N) is 1. The van der Waals surface area contributed by atoms with Gasteiger partial charge in [-0.15, -0.1) is 0 Å². The minimum atomic E-state index is -1.06. The van der Waals surface area contributed by atoms with Crippen molar-refractivity contribution in [3.8, 4) is 16.9 Å². The lowest BCUT2D eigenvalue weighted by Gasteiger charge is -2.62. The molecule has 3 aliphatic carbocycles. The summed E-state index contributed by atoms with van der Waals surface area (Å²) in [5, 5.41) is 36.2. The number of aliphatic hydroxyl groups excluding tert-OH is 2. The summed E-state index contributed by atoms with van der Waals surface area (Å²) >= 11 is 0. The zero-order valence-electron chi connectivity index (χ0n) is 25.6. The van der Waals surface area contributed by atoms with Gasteiger partial charge in [0.1, 0.15) is 24.2 Å². The van der Waals surface area contributed by atoms with Crippen molar-refractivity contribution in [3.05, 3.63) is 47.5 Å². The van der Waals surface area contributed by atoms with Crippen LogP contribution in [-0.4, -0.2) is 76.7 Å². The molecule has 6 N–H and O–H groups in total. The van der Waals surface area contributed by atoms with Gasteiger partial charge in [0.05, 0.1) is 38.0 Å². The van der Waals surface area contributed by atoms with Crippen molar-refractivity contribution in [2.45, 2.75) is 83.7 Å². The van der Waals surface area contributed by atoms with E-state index in [0.29, 0.717) is 52.4 Å². The number of ether oxygens (including phenoxy) is 2. The van der Waals surface area contributed by atoms with Gasteiger partial charge in [-0.05, 0) is 66.7 Å². The lowest BCUT2D eigenvalue weighted by Crippen LogP contribution is -2.60. The van der Waals surface area contributed by atoms with Gasteiger partial charge in [0.25, 0.3) is 0 Å². The Morgan fingerprint density at radius 1 is 1.26 bits per heavy atom. The Kier molecular flexibility index (Phi) is 7.98. The molecule has 2 heterocycles. The summed E-state index contributed by atoms with van der Waals surface area (Å²) < 4.78 is 12.1. The minimum Gasteiger partial charge on any atom is -0.496 e. The summed E-state index contributed by atoms with van der Waals surface area (Å²) in [6.07, 6.45) is 0.765. The van der Waals surface area contributed by atoms with Gasteiger partial charge in [-0.25, -0.2) is 4.79 Å². The van der Waals surface area contributed by atoms with Crippen LogP contribution in [0.5, 0.6) is 5.75 Å². The monoisotopic (exact) mass is 595 g/mol. The SMILES string of the molecule is COc1c(CN2O[C@@H](CO)[C@H]([C@H](C)O)[C@H]2C2OC2N[C@H]2C[C@H]3C[C@@H]([C@@H]2C)C3(C)C)cccc1-c1cc(N)cc(C(=O)O)c1. The van der Waals surface area contributed by atoms with Gasteiger partial charge in [-0.1, -0.05) is 39.0 Å². The van der Waals surface area contributed by atoms with Crippen molar-refractivity contribution in [1.82, 2.24) is 10.4 Å². The predicted octanol–water partition coefficient (Wildman–Crippen LogP) is 3.50. The van der Waals surface area contributed by atoms with Crippen LogP contribution in [-0.2, 0) is 16.1 Å². The smallest absolute Gasteiger partial charge is 0.335 e. The van der Waals surface area contributed by atoms with Crippen molar-refractivity contribution >= 4 is 11.7 Å². The number of rotatable bonds is 10. The van der Waals surface area contributed by atoms with E-state index in [1.165, 1.54) is 12.5 Å². The maximum atomic E-state index is 11.7. The first kappa shape index (κ1) is 30.3. The van der Waals surface area contributed by atoms with E-state index in [9.17, 15) is 20.1 Å². The molecular weight excluding hydrogens is 550 g/mol. The van der Waals surface area contributed by atoms with Crippen LogP contribution in [0.1, 0.15) is 56.5 Å². The molecule has 3 saturated carbocycles. The van der Waals surface area contributed by atoms with Crippen LogP contribution >= 0.6 is 0 Å². The van der Waals surface area contributed by atoms with E-state index in [2.05, 4.69) is 26.1 Å². The average molecular weight is 596 g/mol. The van der Waals surface area contributed by atoms with Gasteiger partial charge in [0, 0.05) is 28.8 Å². The Morgan fingerprint density at radius 3 is 2.65 bits per heavy atom. The van der Waals surface area contributed by atoms with Crippen LogP contribution < -0.4 is 15.8 Å². The second kappa shape index (κ2) is 11.3. The lowest BCUT2D eigenvalue weighted by molar-refractivity contribution is -0.180. The number of aliphatic hydroxyl groups is 2. The van der Waals surface area contributed by atoms with Gasteiger partial charge < -0.3 is 30.5 Å². The highest BCUT2D eigenvalue weighted by atomic mass is 16.7. The first-order valence-electron chi connectivity index (χ1n) is 15.4. The second-order valence-electron chi connectivity index (χ2n) is 13.6. The molecular formula is C33H45N3O7. The number of benzene rings is 2. The maximum absolute atomic E-state index is 11.7. The van der Waals surface area contributed by atoms with Gasteiger partial charge in [0.15, 0.2) is 0 Å². The number of carboxylic acid groups (broad SMARTS) is 1. The molecule has 10 atom stereocenters. The number of aromatic carboxylic acids is 1. The van der Waals surface area contributed by atoms with Crippen LogP contribution in [0.4, 0.5) is 5.69 Å². The van der Waals surface area contributed by atoms with Crippen LogP contribution in [0.25, 0.3) is 11.1 Å². The van der Waals surface area contributed by atoms with Gasteiger partial charge in [0.2, 0.25) is 0 Å². The van der Waals surface area contributed by atoms with Gasteiger partial charge >= 0.3 is 5.97 Å². The third-order valence-corrected chi connectivity index (χ3v) is 10.9. The number of nitrogens with zero attached hydrogens (tertiary/aromatic N) is 1. The van der Waals surface area contributed by atoms with E-state index >= 15 is 0 Å². The molecule has 0 amide bonds. The van der Waals surface area contributed by atoms with Crippen LogP contribution in [0.15, 0.2) is 36.4 Å². The number of methoxy groups -OCH3 is 1. The van der Waals surface area contributed by atoms with Crippen LogP contribution in [0.3, 0.4) is 0 Å². The number of nitrogens with one attached hydrogen (secondary N) is 1. The molecule has 10 nitrogen and oxygen atoms in total. The molecule has 10 heteroatoms. The van der Waals surface area contributed by atoms with E-state index in [1.54, 1.807) is 26.2 Å². The van der Waals surface area contributed by atoms with E-state index in [-0.39, 0.29) is 36.5 Å². The average Bonchev–Trinajstić information content (AvgIpc) is 3.62. The van der Waals surface area contributed by atoms with Gasteiger partial charge in [-0.2, -0.15) is 5.06 Å². The lowest BCUT2D eigenvalue weighted by atomic mass is 9.45. The molecule has 0 radical (unpaired) electrons. The zero-order chi connectivity index (χ0) is 30.8. The molecule has 5 aliphatic rings. The molecule has 43 heavy (non-hydrogen) atoms. The van der Waals surface area contributed by atoms with Crippen molar-refractivity contribution in [3.63, 3.8) is 0 Å². The molecule has 2 aromatic rings. The third kappa shape index (κ3) is 5.32. The number of hydrogen-bond acceptors (Lipinski definition) is 9. The summed E-state index contributed by atoms with van der Waals surface area (Å²) in [4.78, 5) is 18.0. The Hall–Kier alpha value is -2.73. The number of para-hydroxylation sites is 1. The molecule has 2 bridgehead atoms. The molecule has 234 valence electrons. The summed E-state index contributed by atoms with van der Waals surface area (Å²) in [6, 6.07) is 10.5. The molecule has 2 saturated heterocycles. The zero-order valence-corrected chi connectivity index (χ0v) is 25.6. The minimum absolute atomic E-state index is 0.0912. The standard InChI is InChI=1S/C33H45N3O7/c1-16-24-12-21(33(24,3)4)13-25(16)35-31-30(42-31)28-27(17(2)38)26(15-37)43-36(28)14-18-7-6-8-23(29(18)41-5)19-9-20(32(39)40)11-22(34)10-19/h6-11,16-17,21,24-28,30-31,35,37-38H,12-15,34H2,1-5H3,(H,39,40)/t16-,17-,21+,24-,25-,26-,27-,28-,30?,31?/m0/s1. The molecule has 0 aromatic heterocycles. The number of hydrogen-bond donors (Lipinski definition) is 5. The van der Waals surface area contributed by atoms with Gasteiger partial charge in [-0.3, -0.25) is 10.2 Å². The van der Waals surface area contributed by atoms with Crippen molar-refractivity contribution in [2.75, 3.05) is 19.5 Å². The first-order valence-corrected chi connectivity index (χ1v) is 15.4. The quantitative estimate of drug-likeness (QED) is 0.204. The number of nitrogen functional groups attached to an aromatic ring is 1. The highest BCUT2D eigenvalue weighted by Crippen LogP contribution is 2.61. The van der Waals surface area contributed by atoms with Crippen molar-refractivity contribution in [1.29, 1.82) is 0 Å². The number of hydroxylamine groups is 2. The highest BCUT2D eigenvalue weighted by Gasteiger charge is 2.61. The largest absolute Gasteiger partial charge is 0.496 e. The fourth-order valence-electron chi connectivity index (χ4n) is 8.38. The Balaban J connectivity index is 1.25. The normalized spacial score (nSPS) is 35.3. The summed E-state index contributed by atoms with van der Waals surface area (Å²) in [7, 11) is 1.57.